The van der Waals surface area contributed by atoms with Crippen LogP contribution < -0.4 is 17.2 Å². The summed E-state index contributed by atoms with van der Waals surface area (Å²) in [7, 11) is 0. The second-order valence-corrected chi connectivity index (χ2v) is 3.72. The second kappa shape index (κ2) is 6.18. The summed E-state index contributed by atoms with van der Waals surface area (Å²) in [5.74, 6) is -2.93. The van der Waals surface area contributed by atoms with Crippen LogP contribution in [0.1, 0.15) is 15.9 Å². The summed E-state index contributed by atoms with van der Waals surface area (Å²) in [5.41, 5.74) is 15.8. The third-order valence-corrected chi connectivity index (χ3v) is 2.15. The van der Waals surface area contributed by atoms with Crippen LogP contribution in [0, 0.1) is 0 Å². The largest absolute Gasteiger partial charge is 0.481 e. The number of carboxylic acids is 2. The molecule has 0 aliphatic rings. The first-order chi connectivity index (χ1) is 9.29. The zero-order valence-corrected chi connectivity index (χ0v) is 10.3. The molecule has 0 aliphatic carbocycles. The van der Waals surface area contributed by atoms with Gasteiger partial charge in [-0.3, -0.25) is 4.79 Å². The van der Waals surface area contributed by atoms with Gasteiger partial charge in [0.2, 0.25) is 5.96 Å². The van der Waals surface area contributed by atoms with Crippen molar-refractivity contribution in [3.8, 4) is 0 Å². The lowest BCUT2D eigenvalue weighted by Crippen LogP contribution is -2.26. The molecule has 0 radical (unpaired) electrons. The molecule has 0 atom stereocenters. The van der Waals surface area contributed by atoms with Gasteiger partial charge >= 0.3 is 11.9 Å². The normalized spacial score (nSPS) is 10.9. The maximum Gasteiger partial charge on any atom is 0.336 e. The van der Waals surface area contributed by atoms with E-state index in [1.165, 1.54) is 18.2 Å². The maximum absolute atomic E-state index is 11.1. The molecule has 9 nitrogen and oxygen atoms in total. The second-order valence-electron chi connectivity index (χ2n) is 3.72. The summed E-state index contributed by atoms with van der Waals surface area (Å²) < 4.78 is 0. The van der Waals surface area contributed by atoms with Crippen LogP contribution in [0.25, 0.3) is 0 Å². The molecule has 0 saturated carbocycles. The summed E-state index contributed by atoms with van der Waals surface area (Å²) in [6.45, 7) is 0. The van der Waals surface area contributed by atoms with E-state index in [-0.39, 0.29) is 28.7 Å². The van der Waals surface area contributed by atoms with Crippen molar-refractivity contribution in [2.75, 3.05) is 0 Å². The maximum atomic E-state index is 11.1. The molecule has 0 aromatic heterocycles. The van der Waals surface area contributed by atoms with E-state index in [1.807, 2.05) is 0 Å². The van der Waals surface area contributed by atoms with E-state index in [0.717, 1.165) is 0 Å². The summed E-state index contributed by atoms with van der Waals surface area (Å²) in [5, 5.41) is 17.7. The summed E-state index contributed by atoms with van der Waals surface area (Å²) >= 11 is 0. The highest BCUT2D eigenvalue weighted by Crippen LogP contribution is 2.19. The molecule has 0 amide bonds. The standard InChI is InChI=1S/C11H13N5O4/c12-10(13)16-11(14)15-6-2-1-5(3-8(17)18)7(4-6)9(19)20/h1-2,4H,3H2,(H,17,18)(H,19,20)(H6,12,13,14,15,16). The summed E-state index contributed by atoms with van der Waals surface area (Å²) in [6, 6.07) is 3.95. The van der Waals surface area contributed by atoms with Crippen LogP contribution in [0.15, 0.2) is 28.2 Å². The van der Waals surface area contributed by atoms with Crippen molar-refractivity contribution in [2.24, 2.45) is 27.2 Å². The van der Waals surface area contributed by atoms with Crippen molar-refractivity contribution < 1.29 is 19.8 Å². The fourth-order valence-electron chi connectivity index (χ4n) is 1.44. The Morgan fingerprint density at radius 3 is 2.30 bits per heavy atom. The molecule has 0 unspecified atom stereocenters. The van der Waals surface area contributed by atoms with Gasteiger partial charge in [0, 0.05) is 0 Å². The number of carbonyl (C=O) groups is 2. The van der Waals surface area contributed by atoms with Gasteiger partial charge in [-0.2, -0.15) is 4.99 Å². The molecule has 1 aromatic carbocycles. The smallest absolute Gasteiger partial charge is 0.336 e. The van der Waals surface area contributed by atoms with Crippen LogP contribution in [0.2, 0.25) is 0 Å². The van der Waals surface area contributed by atoms with Crippen molar-refractivity contribution in [1.82, 2.24) is 0 Å². The Balaban J connectivity index is 3.20. The Labute approximate surface area is 113 Å². The van der Waals surface area contributed by atoms with Crippen LogP contribution in [-0.2, 0) is 11.2 Å². The van der Waals surface area contributed by atoms with Gasteiger partial charge in [0.1, 0.15) is 0 Å². The van der Waals surface area contributed by atoms with E-state index in [1.54, 1.807) is 0 Å². The topological polar surface area (TPSA) is 177 Å². The first kappa shape index (κ1) is 15.0. The molecule has 1 rings (SSSR count). The molecule has 9 heteroatoms. The highest BCUT2D eigenvalue weighted by Gasteiger charge is 2.13. The monoisotopic (exact) mass is 279 g/mol. The van der Waals surface area contributed by atoms with E-state index in [2.05, 4.69) is 9.98 Å². The Morgan fingerprint density at radius 2 is 1.80 bits per heavy atom. The highest BCUT2D eigenvalue weighted by atomic mass is 16.4. The summed E-state index contributed by atoms with van der Waals surface area (Å²) in [6.07, 6.45) is -0.408. The fourth-order valence-corrected chi connectivity index (χ4v) is 1.44. The minimum Gasteiger partial charge on any atom is -0.481 e. The number of aliphatic carboxylic acids is 1. The van der Waals surface area contributed by atoms with Gasteiger partial charge in [-0.15, -0.1) is 0 Å². The molecular formula is C11H13N5O4. The lowest BCUT2D eigenvalue weighted by molar-refractivity contribution is -0.136. The van der Waals surface area contributed by atoms with Crippen LogP contribution in [0.3, 0.4) is 0 Å². The third kappa shape index (κ3) is 4.29. The van der Waals surface area contributed by atoms with Crippen molar-refractivity contribution in [2.45, 2.75) is 6.42 Å². The number of rotatable bonds is 4. The number of nitrogens with two attached hydrogens (primary N) is 3. The van der Waals surface area contributed by atoms with Gasteiger partial charge in [-0.1, -0.05) is 6.07 Å². The van der Waals surface area contributed by atoms with E-state index >= 15 is 0 Å². The number of guanidine groups is 2. The lowest BCUT2D eigenvalue weighted by atomic mass is 10.0. The Bertz CT molecular complexity index is 605. The third-order valence-electron chi connectivity index (χ3n) is 2.15. The average Bonchev–Trinajstić information content (AvgIpc) is 2.28. The molecule has 0 fully saturated rings. The van der Waals surface area contributed by atoms with Crippen molar-refractivity contribution >= 4 is 29.5 Å². The first-order valence-corrected chi connectivity index (χ1v) is 5.31. The number of benzene rings is 1. The highest BCUT2D eigenvalue weighted by molar-refractivity contribution is 5.95. The molecule has 0 heterocycles. The predicted octanol–water partition coefficient (Wildman–Crippen LogP) is -0.768. The van der Waals surface area contributed by atoms with Gasteiger partial charge in [0.15, 0.2) is 5.96 Å². The Hall–Kier alpha value is -3.10. The molecule has 20 heavy (non-hydrogen) atoms. The molecular weight excluding hydrogens is 266 g/mol. The van der Waals surface area contributed by atoms with Gasteiger partial charge in [0.25, 0.3) is 0 Å². The minimum absolute atomic E-state index is 0.157. The Kier molecular flexibility index (Phi) is 4.62. The fraction of sp³-hybridized carbons (Fsp3) is 0.0909. The number of nitrogens with zero attached hydrogens (tertiary/aromatic N) is 2. The number of hydrogen-bond donors (Lipinski definition) is 5. The molecule has 106 valence electrons. The van der Waals surface area contributed by atoms with Crippen molar-refractivity contribution in [1.29, 1.82) is 0 Å². The SMILES string of the molecule is NC(N)=NC(N)=Nc1ccc(CC(=O)O)c(C(=O)O)c1. The quantitative estimate of drug-likeness (QED) is 0.354. The van der Waals surface area contributed by atoms with Crippen molar-refractivity contribution in [3.05, 3.63) is 29.3 Å². The van der Waals surface area contributed by atoms with Gasteiger partial charge in [-0.05, 0) is 17.7 Å². The van der Waals surface area contributed by atoms with Crippen molar-refractivity contribution in [3.63, 3.8) is 0 Å². The van der Waals surface area contributed by atoms with Crippen LogP contribution >= 0.6 is 0 Å². The zero-order chi connectivity index (χ0) is 15.3. The molecule has 0 saturated heterocycles. The molecule has 8 N–H and O–H groups in total. The van der Waals surface area contributed by atoms with Crippen LogP contribution in [0.4, 0.5) is 5.69 Å². The molecule has 0 aliphatic heterocycles. The number of hydrogen-bond acceptors (Lipinski definition) is 3. The van der Waals surface area contributed by atoms with E-state index in [0.29, 0.717) is 0 Å². The average molecular weight is 279 g/mol. The van der Waals surface area contributed by atoms with E-state index in [9.17, 15) is 9.59 Å². The van der Waals surface area contributed by atoms with E-state index in [4.69, 9.17) is 27.4 Å². The number of aromatic carboxylic acids is 1. The molecule has 1 aromatic rings. The van der Waals surface area contributed by atoms with Gasteiger partial charge < -0.3 is 27.4 Å². The Morgan fingerprint density at radius 1 is 1.15 bits per heavy atom. The van der Waals surface area contributed by atoms with Crippen LogP contribution in [-0.4, -0.2) is 34.1 Å². The zero-order valence-electron chi connectivity index (χ0n) is 10.3. The first-order valence-electron chi connectivity index (χ1n) is 5.31. The summed E-state index contributed by atoms with van der Waals surface area (Å²) in [4.78, 5) is 29.0. The lowest BCUT2D eigenvalue weighted by Gasteiger charge is -2.05. The molecule has 0 spiro atoms. The van der Waals surface area contributed by atoms with Gasteiger partial charge in [-0.25, -0.2) is 9.79 Å². The van der Waals surface area contributed by atoms with Gasteiger partial charge in [0.05, 0.1) is 17.7 Å². The molecule has 0 bridgehead atoms. The number of carboxylic acid groups (broad SMARTS) is 2. The van der Waals surface area contributed by atoms with Crippen LogP contribution in [0.5, 0.6) is 0 Å². The minimum atomic E-state index is -1.27. The predicted molar refractivity (Wildman–Crippen MR) is 71.8 cm³/mol. The van der Waals surface area contributed by atoms with E-state index < -0.39 is 18.4 Å². The number of aliphatic imine (C=N–C) groups is 2.